The van der Waals surface area contributed by atoms with Gasteiger partial charge in [-0.3, -0.25) is 4.79 Å². The van der Waals surface area contributed by atoms with E-state index in [1.807, 2.05) is 43.0 Å². The molecule has 9 heteroatoms. The molecule has 1 fully saturated rings. The minimum absolute atomic E-state index is 0.0620. The lowest BCUT2D eigenvalue weighted by atomic mass is 10.1. The highest BCUT2D eigenvalue weighted by Gasteiger charge is 2.37. The molecule has 5 rings (SSSR count). The second-order valence-corrected chi connectivity index (χ2v) is 8.72. The molecule has 4 heterocycles. The Morgan fingerprint density at radius 3 is 3.00 bits per heavy atom. The number of hydrogen-bond acceptors (Lipinski definition) is 8. The maximum Gasteiger partial charge on any atom is 0.263 e. The van der Waals surface area contributed by atoms with Crippen LogP contribution in [0, 0.1) is 6.92 Å². The molecular formula is C21H23N7OS. The SMILES string of the molecule is CCNc1ncc2c(n1)N1CCCC1CN(c1cccc(-c3nnc(C)s3)c1)C2=O. The van der Waals surface area contributed by atoms with Gasteiger partial charge in [-0.25, -0.2) is 4.98 Å². The number of hydrogen-bond donors (Lipinski definition) is 1. The summed E-state index contributed by atoms with van der Waals surface area (Å²) in [5.41, 5.74) is 2.39. The number of carbonyl (C=O) groups excluding carboxylic acids is 1. The lowest BCUT2D eigenvalue weighted by Gasteiger charge is -2.27. The van der Waals surface area contributed by atoms with Crippen LogP contribution in [0.3, 0.4) is 0 Å². The predicted octanol–water partition coefficient (Wildman–Crippen LogP) is 3.36. The van der Waals surface area contributed by atoms with Gasteiger partial charge in [-0.05, 0) is 38.8 Å². The fraction of sp³-hybridized carbons (Fsp3) is 0.381. The van der Waals surface area contributed by atoms with E-state index in [9.17, 15) is 4.79 Å². The van der Waals surface area contributed by atoms with Crippen molar-refractivity contribution >= 4 is 34.7 Å². The van der Waals surface area contributed by atoms with Gasteiger partial charge < -0.3 is 15.1 Å². The van der Waals surface area contributed by atoms with Crippen LogP contribution in [-0.4, -0.2) is 51.7 Å². The van der Waals surface area contributed by atoms with Crippen molar-refractivity contribution in [2.45, 2.75) is 32.7 Å². The minimum Gasteiger partial charge on any atom is -0.354 e. The number of nitrogens with zero attached hydrogens (tertiary/aromatic N) is 6. The van der Waals surface area contributed by atoms with E-state index in [2.05, 4.69) is 25.4 Å². The number of benzene rings is 1. The third kappa shape index (κ3) is 3.28. The van der Waals surface area contributed by atoms with Gasteiger partial charge >= 0.3 is 0 Å². The van der Waals surface area contributed by atoms with Gasteiger partial charge in [-0.15, -0.1) is 10.2 Å². The van der Waals surface area contributed by atoms with Crippen molar-refractivity contribution in [1.82, 2.24) is 20.2 Å². The predicted molar refractivity (Wildman–Crippen MR) is 118 cm³/mol. The maximum absolute atomic E-state index is 13.6. The molecule has 30 heavy (non-hydrogen) atoms. The summed E-state index contributed by atoms with van der Waals surface area (Å²) in [7, 11) is 0. The second kappa shape index (κ2) is 7.64. The lowest BCUT2D eigenvalue weighted by Crippen LogP contribution is -2.39. The van der Waals surface area contributed by atoms with Gasteiger partial charge in [-0.2, -0.15) is 4.98 Å². The first kappa shape index (κ1) is 18.9. The van der Waals surface area contributed by atoms with Crippen LogP contribution in [0.2, 0.25) is 0 Å². The smallest absolute Gasteiger partial charge is 0.263 e. The minimum atomic E-state index is -0.0620. The third-order valence-electron chi connectivity index (χ3n) is 5.55. The monoisotopic (exact) mass is 421 g/mol. The van der Waals surface area contributed by atoms with Gasteiger partial charge in [0, 0.05) is 43.1 Å². The van der Waals surface area contributed by atoms with Crippen LogP contribution in [0.1, 0.15) is 35.1 Å². The summed E-state index contributed by atoms with van der Waals surface area (Å²) >= 11 is 1.55. The Labute approximate surface area is 179 Å². The average Bonchev–Trinajstić information content (AvgIpc) is 3.38. The normalized spacial score (nSPS) is 18.2. The molecule has 1 atom stereocenters. The Morgan fingerprint density at radius 1 is 1.30 bits per heavy atom. The highest BCUT2D eigenvalue weighted by atomic mass is 32.1. The summed E-state index contributed by atoms with van der Waals surface area (Å²) in [6.45, 7) is 6.22. The van der Waals surface area contributed by atoms with Crippen LogP contribution in [0.4, 0.5) is 17.5 Å². The summed E-state index contributed by atoms with van der Waals surface area (Å²) < 4.78 is 0. The number of aryl methyl sites for hydroxylation is 1. The molecule has 3 aromatic rings. The topological polar surface area (TPSA) is 87.1 Å². The quantitative estimate of drug-likeness (QED) is 0.691. The van der Waals surface area contributed by atoms with Crippen molar-refractivity contribution in [3.63, 3.8) is 0 Å². The van der Waals surface area contributed by atoms with Crippen LogP contribution in [0.5, 0.6) is 0 Å². The van der Waals surface area contributed by atoms with Crippen molar-refractivity contribution < 1.29 is 4.79 Å². The van der Waals surface area contributed by atoms with Crippen molar-refractivity contribution in [2.24, 2.45) is 0 Å². The first-order valence-corrected chi connectivity index (χ1v) is 11.1. The van der Waals surface area contributed by atoms with E-state index in [1.165, 1.54) is 0 Å². The van der Waals surface area contributed by atoms with E-state index >= 15 is 0 Å². The summed E-state index contributed by atoms with van der Waals surface area (Å²) in [6, 6.07) is 8.22. The molecular weight excluding hydrogens is 398 g/mol. The molecule has 1 saturated heterocycles. The Bertz CT molecular complexity index is 1100. The number of amides is 1. The van der Waals surface area contributed by atoms with Crippen molar-refractivity contribution in [3.8, 4) is 10.6 Å². The molecule has 0 saturated carbocycles. The third-order valence-corrected chi connectivity index (χ3v) is 6.44. The highest BCUT2D eigenvalue weighted by molar-refractivity contribution is 7.14. The Kier molecular flexibility index (Phi) is 4.82. The lowest BCUT2D eigenvalue weighted by molar-refractivity contribution is 0.0988. The largest absolute Gasteiger partial charge is 0.354 e. The van der Waals surface area contributed by atoms with E-state index in [0.29, 0.717) is 18.1 Å². The fourth-order valence-corrected chi connectivity index (χ4v) is 4.86. The molecule has 8 nitrogen and oxygen atoms in total. The standard InChI is InChI=1S/C21H23N7OS/c1-3-22-21-23-11-17-18(24-21)27-9-5-8-16(27)12-28(20(17)29)15-7-4-6-14(10-15)19-26-25-13(2)30-19/h4,6-7,10-11,16H,3,5,8-9,12H2,1-2H3,(H,22,23,24). The second-order valence-electron chi connectivity index (χ2n) is 7.54. The molecule has 2 aliphatic heterocycles. The van der Waals surface area contributed by atoms with Gasteiger partial charge in [0.15, 0.2) is 0 Å². The number of fused-ring (bicyclic) bond motifs is 3. The zero-order valence-corrected chi connectivity index (χ0v) is 17.8. The number of rotatable bonds is 4. The number of aromatic nitrogens is 4. The van der Waals surface area contributed by atoms with E-state index in [1.54, 1.807) is 17.5 Å². The molecule has 0 bridgehead atoms. The summed E-state index contributed by atoms with van der Waals surface area (Å²) in [5, 5.41) is 13.3. The van der Waals surface area contributed by atoms with Gasteiger partial charge in [0.1, 0.15) is 21.4 Å². The first-order chi connectivity index (χ1) is 14.6. The van der Waals surface area contributed by atoms with Crippen molar-refractivity contribution in [1.29, 1.82) is 0 Å². The number of anilines is 3. The molecule has 0 spiro atoms. The summed E-state index contributed by atoms with van der Waals surface area (Å²) in [5.74, 6) is 1.25. The zero-order chi connectivity index (χ0) is 20.7. The molecule has 2 aliphatic rings. The Hall–Kier alpha value is -3.07. The molecule has 154 valence electrons. The van der Waals surface area contributed by atoms with E-state index in [0.717, 1.165) is 53.0 Å². The van der Waals surface area contributed by atoms with Gasteiger partial charge in [0.05, 0.1) is 0 Å². The van der Waals surface area contributed by atoms with Gasteiger partial charge in [0.2, 0.25) is 5.95 Å². The van der Waals surface area contributed by atoms with Gasteiger partial charge in [0.25, 0.3) is 5.91 Å². The van der Waals surface area contributed by atoms with E-state index < -0.39 is 0 Å². The molecule has 0 radical (unpaired) electrons. The summed E-state index contributed by atoms with van der Waals surface area (Å²) in [4.78, 5) is 26.8. The molecule has 2 aromatic heterocycles. The van der Waals surface area contributed by atoms with E-state index in [4.69, 9.17) is 4.98 Å². The molecule has 1 aromatic carbocycles. The molecule has 1 unspecified atom stereocenters. The Morgan fingerprint density at radius 2 is 2.20 bits per heavy atom. The number of nitrogens with one attached hydrogen (secondary N) is 1. The number of carbonyl (C=O) groups is 1. The summed E-state index contributed by atoms with van der Waals surface area (Å²) in [6.07, 6.45) is 3.80. The molecule has 0 aliphatic carbocycles. The Balaban J connectivity index is 1.56. The maximum atomic E-state index is 13.6. The zero-order valence-electron chi connectivity index (χ0n) is 17.0. The van der Waals surface area contributed by atoms with Crippen LogP contribution >= 0.6 is 11.3 Å². The van der Waals surface area contributed by atoms with Crippen molar-refractivity contribution in [2.75, 3.05) is 34.8 Å². The van der Waals surface area contributed by atoms with Crippen LogP contribution in [0.15, 0.2) is 30.5 Å². The molecule has 1 N–H and O–H groups in total. The van der Waals surface area contributed by atoms with Crippen molar-refractivity contribution in [3.05, 3.63) is 41.0 Å². The highest BCUT2D eigenvalue weighted by Crippen LogP contribution is 2.35. The fourth-order valence-electron chi connectivity index (χ4n) is 4.17. The van der Waals surface area contributed by atoms with Gasteiger partial charge in [-0.1, -0.05) is 23.5 Å². The van der Waals surface area contributed by atoms with Crippen LogP contribution < -0.4 is 15.1 Å². The average molecular weight is 422 g/mol. The first-order valence-electron chi connectivity index (χ1n) is 10.2. The molecule has 1 amide bonds. The van der Waals surface area contributed by atoms with E-state index in [-0.39, 0.29) is 11.9 Å². The van der Waals surface area contributed by atoms with Crippen LogP contribution in [-0.2, 0) is 0 Å². The van der Waals surface area contributed by atoms with Crippen LogP contribution in [0.25, 0.3) is 10.6 Å².